The minimum Gasteiger partial charge on any atom is -0.550 e. The molecule has 4 rings (SSSR count). The number of carboxylic acids is 1. The highest BCUT2D eigenvalue weighted by molar-refractivity contribution is 9.10. The second-order valence-corrected chi connectivity index (χ2v) is 8.41. The molecule has 4 saturated carbocycles. The lowest BCUT2D eigenvalue weighted by atomic mass is 9.67. The summed E-state index contributed by atoms with van der Waals surface area (Å²) in [6, 6.07) is 0. The Bertz CT molecular complexity index is 345. The Morgan fingerprint density at radius 3 is 1.87 bits per heavy atom. The molecule has 0 heterocycles. The fourth-order valence-electron chi connectivity index (χ4n) is 5.07. The molecular formula is C12H16BrO2-. The van der Waals surface area contributed by atoms with Gasteiger partial charge in [-0.2, -0.15) is 0 Å². The van der Waals surface area contributed by atoms with Crippen molar-refractivity contribution in [2.75, 3.05) is 0 Å². The lowest BCUT2D eigenvalue weighted by Gasteiger charge is -2.45. The van der Waals surface area contributed by atoms with Crippen LogP contribution in [0.4, 0.5) is 0 Å². The summed E-state index contributed by atoms with van der Waals surface area (Å²) in [6.45, 7) is 4.53. The van der Waals surface area contributed by atoms with E-state index >= 15 is 0 Å². The standard InChI is InChI=1S/C12H17BrO2/c1-9-3-11(8(14)15)4-10(9,2)6-12(13,5-9)7-11/h3-7H2,1-2H3,(H,14,15)/p-1. The number of carbonyl (C=O) groups is 1. The average molecular weight is 272 g/mol. The maximum Gasteiger partial charge on any atom is 0.0477 e. The fraction of sp³-hybridized carbons (Fsp3) is 0.917. The number of aliphatic carboxylic acids is 1. The van der Waals surface area contributed by atoms with Crippen LogP contribution in [0.25, 0.3) is 0 Å². The van der Waals surface area contributed by atoms with Crippen LogP contribution < -0.4 is 5.11 Å². The molecule has 4 bridgehead atoms. The number of halogens is 1. The topological polar surface area (TPSA) is 40.1 Å². The van der Waals surface area contributed by atoms with Gasteiger partial charge in [-0.15, -0.1) is 0 Å². The van der Waals surface area contributed by atoms with E-state index < -0.39 is 11.4 Å². The molecule has 15 heavy (non-hydrogen) atoms. The number of alkyl halides is 1. The number of hydrogen-bond acceptors (Lipinski definition) is 2. The van der Waals surface area contributed by atoms with E-state index in [1.807, 2.05) is 0 Å². The van der Waals surface area contributed by atoms with Crippen molar-refractivity contribution < 1.29 is 9.90 Å². The Labute approximate surface area is 98.6 Å². The minimum absolute atomic E-state index is 0.0765. The van der Waals surface area contributed by atoms with Gasteiger partial charge in [0.05, 0.1) is 0 Å². The van der Waals surface area contributed by atoms with Crippen molar-refractivity contribution in [3.05, 3.63) is 0 Å². The van der Waals surface area contributed by atoms with E-state index in [0.717, 1.165) is 32.1 Å². The zero-order chi connectivity index (χ0) is 11.1. The number of hydrogen-bond donors (Lipinski definition) is 0. The Hall–Kier alpha value is -0.0500. The van der Waals surface area contributed by atoms with Crippen LogP contribution in [-0.4, -0.2) is 10.3 Å². The molecule has 3 heteroatoms. The molecule has 84 valence electrons. The molecule has 4 aliphatic carbocycles. The zero-order valence-corrected chi connectivity index (χ0v) is 10.8. The third-order valence-electron chi connectivity index (χ3n) is 5.42. The summed E-state index contributed by atoms with van der Waals surface area (Å²) >= 11 is 3.79. The molecule has 2 nitrogen and oxygen atoms in total. The van der Waals surface area contributed by atoms with Gasteiger partial charge in [-0.05, 0) is 42.9 Å². The quantitative estimate of drug-likeness (QED) is 0.683. The van der Waals surface area contributed by atoms with Crippen LogP contribution in [0.5, 0.6) is 0 Å². The summed E-state index contributed by atoms with van der Waals surface area (Å²) < 4.78 is 0.0765. The normalized spacial score (nSPS) is 61.3. The van der Waals surface area contributed by atoms with Crippen molar-refractivity contribution in [3.8, 4) is 0 Å². The molecular weight excluding hydrogens is 256 g/mol. The van der Waals surface area contributed by atoms with Gasteiger partial charge in [0.15, 0.2) is 0 Å². The lowest BCUT2D eigenvalue weighted by molar-refractivity contribution is -0.321. The molecule has 0 N–H and O–H groups in total. The molecule has 0 aromatic heterocycles. The van der Waals surface area contributed by atoms with Crippen molar-refractivity contribution in [1.82, 2.24) is 0 Å². The summed E-state index contributed by atoms with van der Waals surface area (Å²) in [5.41, 5.74) is -0.132. The smallest absolute Gasteiger partial charge is 0.0477 e. The van der Waals surface area contributed by atoms with Gasteiger partial charge < -0.3 is 9.90 Å². The largest absolute Gasteiger partial charge is 0.550 e. The van der Waals surface area contributed by atoms with Crippen LogP contribution >= 0.6 is 15.9 Å². The molecule has 2 unspecified atom stereocenters. The Morgan fingerprint density at radius 1 is 1.07 bits per heavy atom. The summed E-state index contributed by atoms with van der Waals surface area (Å²) in [5, 5.41) is 11.4. The first kappa shape index (κ1) is 10.1. The van der Waals surface area contributed by atoms with Crippen molar-refractivity contribution in [2.24, 2.45) is 16.2 Å². The zero-order valence-electron chi connectivity index (χ0n) is 9.23. The summed E-state index contributed by atoms with van der Waals surface area (Å²) in [4.78, 5) is 11.4. The van der Waals surface area contributed by atoms with Crippen LogP contribution in [-0.2, 0) is 4.79 Å². The second kappa shape index (κ2) is 2.29. The van der Waals surface area contributed by atoms with Gasteiger partial charge in [-0.3, -0.25) is 0 Å². The summed E-state index contributed by atoms with van der Waals surface area (Å²) in [5.74, 6) is -0.819. The summed E-state index contributed by atoms with van der Waals surface area (Å²) in [7, 11) is 0. The third kappa shape index (κ3) is 0.986. The van der Waals surface area contributed by atoms with Gasteiger partial charge in [-0.25, -0.2) is 0 Å². The molecule has 0 aromatic rings. The van der Waals surface area contributed by atoms with Crippen molar-refractivity contribution >= 4 is 21.9 Å². The molecule has 0 saturated heterocycles. The minimum atomic E-state index is -0.819. The van der Waals surface area contributed by atoms with Crippen LogP contribution in [0.3, 0.4) is 0 Å². The molecule has 0 radical (unpaired) electrons. The number of carbonyl (C=O) groups excluding carboxylic acids is 1. The average Bonchev–Trinajstić information content (AvgIpc) is 2.21. The molecule has 0 aliphatic heterocycles. The van der Waals surface area contributed by atoms with Gasteiger partial charge in [0.2, 0.25) is 0 Å². The van der Waals surface area contributed by atoms with E-state index in [9.17, 15) is 9.90 Å². The van der Waals surface area contributed by atoms with E-state index in [0.29, 0.717) is 0 Å². The summed E-state index contributed by atoms with van der Waals surface area (Å²) in [6.07, 6.45) is 4.68. The number of rotatable bonds is 1. The second-order valence-electron chi connectivity index (χ2n) is 6.72. The van der Waals surface area contributed by atoms with Crippen molar-refractivity contribution in [3.63, 3.8) is 0 Å². The highest BCUT2D eigenvalue weighted by Gasteiger charge is 2.72. The van der Waals surface area contributed by atoms with Crippen LogP contribution in [0.15, 0.2) is 0 Å². The highest BCUT2D eigenvalue weighted by atomic mass is 79.9. The molecule has 4 fully saturated rings. The molecule has 2 atom stereocenters. The van der Waals surface area contributed by atoms with E-state index in [1.165, 1.54) is 0 Å². The molecule has 0 amide bonds. The van der Waals surface area contributed by atoms with Gasteiger partial charge in [0.25, 0.3) is 0 Å². The van der Waals surface area contributed by atoms with Gasteiger partial charge >= 0.3 is 0 Å². The first-order valence-corrected chi connectivity index (χ1v) is 6.43. The lowest BCUT2D eigenvalue weighted by Crippen LogP contribution is -2.49. The predicted molar refractivity (Wildman–Crippen MR) is 58.4 cm³/mol. The van der Waals surface area contributed by atoms with E-state index in [1.54, 1.807) is 0 Å². The predicted octanol–water partition coefficient (Wildman–Crippen LogP) is 1.86. The Kier molecular flexibility index (Phi) is 1.55. The van der Waals surface area contributed by atoms with Crippen molar-refractivity contribution in [1.29, 1.82) is 0 Å². The van der Waals surface area contributed by atoms with E-state index in [4.69, 9.17) is 0 Å². The van der Waals surface area contributed by atoms with Crippen LogP contribution in [0.1, 0.15) is 46.0 Å². The van der Waals surface area contributed by atoms with Gasteiger partial charge in [0, 0.05) is 15.7 Å². The van der Waals surface area contributed by atoms with Crippen LogP contribution in [0.2, 0.25) is 0 Å². The van der Waals surface area contributed by atoms with Gasteiger partial charge in [-0.1, -0.05) is 29.8 Å². The Morgan fingerprint density at radius 2 is 1.53 bits per heavy atom. The first-order valence-electron chi connectivity index (χ1n) is 5.63. The SMILES string of the molecule is CC12CC3(Br)CC(C(=O)[O-])(C1)CC2(C)C3. The molecule has 0 spiro atoms. The number of carboxylic acid groups (broad SMARTS) is 1. The van der Waals surface area contributed by atoms with Gasteiger partial charge in [0.1, 0.15) is 0 Å². The maximum atomic E-state index is 11.4. The van der Waals surface area contributed by atoms with E-state index in [2.05, 4.69) is 29.8 Å². The Balaban J connectivity index is 2.13. The van der Waals surface area contributed by atoms with E-state index in [-0.39, 0.29) is 15.2 Å². The van der Waals surface area contributed by atoms with Crippen molar-refractivity contribution in [2.45, 2.75) is 50.3 Å². The third-order valence-corrected chi connectivity index (χ3v) is 6.26. The first-order chi connectivity index (χ1) is 6.73. The monoisotopic (exact) mass is 271 g/mol. The highest BCUT2D eigenvalue weighted by Crippen LogP contribution is 2.78. The fourth-order valence-corrected chi connectivity index (χ4v) is 6.84. The molecule has 0 aromatic carbocycles. The van der Waals surface area contributed by atoms with Crippen LogP contribution in [0, 0.1) is 16.2 Å². The maximum absolute atomic E-state index is 11.4. The molecule has 4 aliphatic rings.